The van der Waals surface area contributed by atoms with Crippen molar-refractivity contribution in [3.63, 3.8) is 0 Å². The Morgan fingerprint density at radius 2 is 1.70 bits per heavy atom. The fourth-order valence-corrected chi connectivity index (χ4v) is 4.57. The van der Waals surface area contributed by atoms with Gasteiger partial charge in [0.1, 0.15) is 0 Å². The van der Waals surface area contributed by atoms with Crippen molar-refractivity contribution in [2.75, 3.05) is 20.3 Å². The predicted molar refractivity (Wildman–Crippen MR) is 115 cm³/mol. The van der Waals surface area contributed by atoms with Gasteiger partial charge in [-0.1, -0.05) is 12.1 Å². The van der Waals surface area contributed by atoms with Gasteiger partial charge in [0.15, 0.2) is 5.41 Å². The van der Waals surface area contributed by atoms with E-state index in [4.69, 9.17) is 9.47 Å². The van der Waals surface area contributed by atoms with E-state index in [0.717, 1.165) is 11.1 Å². The molecule has 2 aliphatic rings. The zero-order valence-corrected chi connectivity index (χ0v) is 18.6. The molecule has 1 atom stereocenters. The number of pyridine rings is 1. The van der Waals surface area contributed by atoms with Gasteiger partial charge in [-0.05, 0) is 43.5 Å². The molecule has 1 aliphatic heterocycles. The minimum absolute atomic E-state index is 0.00489. The molecular weight excluding hydrogens is 428 g/mol. The number of amides is 2. The van der Waals surface area contributed by atoms with Crippen molar-refractivity contribution < 1.29 is 33.8 Å². The van der Waals surface area contributed by atoms with Crippen molar-refractivity contribution in [3.05, 3.63) is 57.8 Å². The van der Waals surface area contributed by atoms with E-state index in [2.05, 4.69) is 4.98 Å². The molecule has 0 saturated carbocycles. The van der Waals surface area contributed by atoms with E-state index in [1.807, 2.05) is 0 Å². The average Bonchev–Trinajstić information content (AvgIpc) is 3.33. The number of carbonyl (C=O) groups is 4. The summed E-state index contributed by atoms with van der Waals surface area (Å²) in [4.78, 5) is 54.9. The van der Waals surface area contributed by atoms with E-state index in [1.54, 1.807) is 38.1 Å². The molecule has 1 aromatic heterocycles. The summed E-state index contributed by atoms with van der Waals surface area (Å²) >= 11 is 0. The first-order valence-corrected chi connectivity index (χ1v) is 10.6. The van der Waals surface area contributed by atoms with Crippen molar-refractivity contribution in [3.8, 4) is 5.88 Å². The number of benzene rings is 1. The van der Waals surface area contributed by atoms with Crippen LogP contribution in [-0.2, 0) is 27.2 Å². The van der Waals surface area contributed by atoms with Crippen LogP contribution in [0.2, 0.25) is 0 Å². The molecule has 0 bridgehead atoms. The van der Waals surface area contributed by atoms with Crippen LogP contribution >= 0.6 is 0 Å². The van der Waals surface area contributed by atoms with Gasteiger partial charge < -0.3 is 14.6 Å². The molecule has 1 N–H and O–H groups in total. The monoisotopic (exact) mass is 452 g/mol. The van der Waals surface area contributed by atoms with Crippen LogP contribution in [0.5, 0.6) is 5.88 Å². The first-order chi connectivity index (χ1) is 15.7. The largest absolute Gasteiger partial charge is 0.480 e. The third-order valence-corrected chi connectivity index (χ3v) is 6.43. The van der Waals surface area contributed by atoms with Crippen molar-refractivity contribution in [2.45, 2.75) is 33.1 Å². The highest BCUT2D eigenvalue weighted by Crippen LogP contribution is 2.42. The Labute approximate surface area is 190 Å². The summed E-state index contributed by atoms with van der Waals surface area (Å²) in [5.74, 6) is -2.29. The van der Waals surface area contributed by atoms with Crippen LogP contribution in [-0.4, -0.2) is 59.0 Å². The van der Waals surface area contributed by atoms with Crippen LogP contribution in [0.15, 0.2) is 24.3 Å². The van der Waals surface area contributed by atoms with Crippen LogP contribution < -0.4 is 4.74 Å². The molecule has 1 aromatic carbocycles. The summed E-state index contributed by atoms with van der Waals surface area (Å²) in [6.07, 6.45) is 0.429. The predicted octanol–water partition coefficient (Wildman–Crippen LogP) is 2.11. The van der Waals surface area contributed by atoms with Crippen LogP contribution in [0.4, 0.5) is 0 Å². The van der Waals surface area contributed by atoms with Gasteiger partial charge in [0.2, 0.25) is 5.88 Å². The Kier molecular flexibility index (Phi) is 5.65. The lowest BCUT2D eigenvalue weighted by Crippen LogP contribution is -2.41. The molecule has 0 spiro atoms. The zero-order chi connectivity index (χ0) is 23.9. The Morgan fingerprint density at radius 1 is 1.09 bits per heavy atom. The third kappa shape index (κ3) is 3.53. The highest BCUT2D eigenvalue weighted by atomic mass is 16.5. The number of imide groups is 1. The summed E-state index contributed by atoms with van der Waals surface area (Å²) in [6.45, 7) is 3.94. The topological polar surface area (TPSA) is 123 Å². The normalized spacial score (nSPS) is 18.8. The molecule has 0 fully saturated rings. The van der Waals surface area contributed by atoms with E-state index in [1.165, 1.54) is 12.0 Å². The number of hydrogen-bond donors (Lipinski definition) is 1. The Balaban J connectivity index is 1.44. The summed E-state index contributed by atoms with van der Waals surface area (Å²) in [5.41, 5.74) is 1.86. The van der Waals surface area contributed by atoms with Gasteiger partial charge >= 0.3 is 11.9 Å². The molecule has 0 saturated heterocycles. The number of carboxylic acid groups (broad SMARTS) is 1. The molecule has 0 radical (unpaired) electrons. The second-order valence-electron chi connectivity index (χ2n) is 8.33. The van der Waals surface area contributed by atoms with Crippen molar-refractivity contribution in [1.29, 1.82) is 0 Å². The molecule has 2 amide bonds. The summed E-state index contributed by atoms with van der Waals surface area (Å²) in [7, 11) is 1.18. The van der Waals surface area contributed by atoms with E-state index >= 15 is 0 Å². The first-order valence-electron chi connectivity index (χ1n) is 10.6. The van der Waals surface area contributed by atoms with E-state index < -0.39 is 17.4 Å². The number of carboxylic acids is 1. The Hall–Kier alpha value is -3.75. The fraction of sp³-hybridized carbons (Fsp3) is 0.375. The molecule has 1 unspecified atom stereocenters. The maximum absolute atomic E-state index is 12.5. The second-order valence-corrected chi connectivity index (χ2v) is 8.33. The Bertz CT molecular complexity index is 1150. The second kappa shape index (κ2) is 8.31. The molecule has 1 aliphatic carbocycles. The number of hydrogen-bond acceptors (Lipinski definition) is 7. The number of ether oxygens (including phenoxy) is 2. The molecule has 33 heavy (non-hydrogen) atoms. The minimum atomic E-state index is -1.67. The van der Waals surface area contributed by atoms with Crippen molar-refractivity contribution in [1.82, 2.24) is 9.88 Å². The maximum atomic E-state index is 12.5. The lowest BCUT2D eigenvalue weighted by molar-refractivity contribution is -0.166. The number of esters is 1. The molecule has 9 nitrogen and oxygen atoms in total. The maximum Gasteiger partial charge on any atom is 0.323 e. The molecule has 4 rings (SSSR count). The smallest absolute Gasteiger partial charge is 0.323 e. The van der Waals surface area contributed by atoms with Gasteiger partial charge in [0.05, 0.1) is 24.8 Å². The van der Waals surface area contributed by atoms with Crippen LogP contribution in [0, 0.1) is 19.3 Å². The number of methoxy groups -OCH3 is 1. The van der Waals surface area contributed by atoms with Crippen LogP contribution in [0.1, 0.15) is 49.5 Å². The van der Waals surface area contributed by atoms with E-state index in [9.17, 15) is 24.3 Å². The molecular formula is C24H24N2O7. The van der Waals surface area contributed by atoms with Crippen molar-refractivity contribution in [2.24, 2.45) is 5.41 Å². The Morgan fingerprint density at radius 3 is 2.27 bits per heavy atom. The number of rotatable bonds is 7. The van der Waals surface area contributed by atoms with Gasteiger partial charge in [-0.15, -0.1) is 0 Å². The summed E-state index contributed by atoms with van der Waals surface area (Å²) < 4.78 is 10.6. The number of fused-ring (bicyclic) bond motifs is 2. The number of aromatic nitrogens is 1. The van der Waals surface area contributed by atoms with E-state index in [0.29, 0.717) is 34.7 Å². The SMILES string of the molecule is COC(=O)C1(C(=O)O)Cc2c(C)nc(OCCCN3C(=O)c4ccccc4C3=O)c(C)c2C1. The number of aliphatic carboxylic acids is 1. The quantitative estimate of drug-likeness (QED) is 0.293. The standard InChI is InChI=1S/C24H24N2O7/c1-13-17-11-24(22(29)30,23(31)32-3)12-18(17)14(2)25-19(13)33-10-6-9-26-20(27)15-7-4-5-8-16(15)21(26)28/h4-5,7-8H,6,9-12H2,1-3H3,(H,29,30). The number of nitrogens with zero attached hydrogens (tertiary/aromatic N) is 2. The minimum Gasteiger partial charge on any atom is -0.480 e. The van der Waals surface area contributed by atoms with Gasteiger partial charge in [0, 0.05) is 30.6 Å². The summed E-state index contributed by atoms with van der Waals surface area (Å²) in [5, 5.41) is 9.76. The van der Waals surface area contributed by atoms with E-state index in [-0.39, 0.29) is 37.8 Å². The molecule has 2 heterocycles. The van der Waals surface area contributed by atoms with Crippen molar-refractivity contribution >= 4 is 23.8 Å². The molecule has 172 valence electrons. The number of aryl methyl sites for hydroxylation is 1. The zero-order valence-electron chi connectivity index (χ0n) is 18.6. The van der Waals surface area contributed by atoms with Gasteiger partial charge in [-0.3, -0.25) is 24.1 Å². The fourth-order valence-electron chi connectivity index (χ4n) is 4.57. The van der Waals surface area contributed by atoms with Gasteiger partial charge in [-0.25, -0.2) is 4.98 Å². The first kappa shape index (κ1) is 22.4. The van der Waals surface area contributed by atoms with Crippen LogP contribution in [0.25, 0.3) is 0 Å². The van der Waals surface area contributed by atoms with Gasteiger partial charge in [0.25, 0.3) is 11.8 Å². The molecule has 9 heteroatoms. The molecule has 2 aromatic rings. The average molecular weight is 452 g/mol. The third-order valence-electron chi connectivity index (χ3n) is 6.43. The van der Waals surface area contributed by atoms with Gasteiger partial charge in [-0.2, -0.15) is 0 Å². The summed E-state index contributed by atoms with van der Waals surface area (Å²) in [6, 6.07) is 6.72. The van der Waals surface area contributed by atoms with Crippen LogP contribution in [0.3, 0.4) is 0 Å². The lowest BCUT2D eigenvalue weighted by Gasteiger charge is -2.20. The lowest BCUT2D eigenvalue weighted by atomic mass is 9.84. The number of carbonyl (C=O) groups excluding carboxylic acids is 3. The highest BCUT2D eigenvalue weighted by molar-refractivity contribution is 6.21. The highest BCUT2D eigenvalue weighted by Gasteiger charge is 2.53.